The molecule has 0 heterocycles. The van der Waals surface area contributed by atoms with Gasteiger partial charge >= 0.3 is 5.97 Å². The molecule has 0 saturated carbocycles. The third-order valence-electron chi connectivity index (χ3n) is 2.36. The van der Waals surface area contributed by atoms with Crippen molar-refractivity contribution in [2.24, 2.45) is 0 Å². The molecule has 0 spiro atoms. The zero-order valence-electron chi connectivity index (χ0n) is 9.77. The normalized spacial score (nSPS) is 11.6. The first-order chi connectivity index (χ1) is 8.08. The third kappa shape index (κ3) is 3.48. The van der Waals surface area contributed by atoms with Crippen LogP contribution in [0.3, 0.4) is 0 Å². The molecule has 1 atom stereocenters. The van der Waals surface area contributed by atoms with Crippen LogP contribution in [0.15, 0.2) is 24.3 Å². The number of carboxylic acid groups (broad SMARTS) is 1. The van der Waals surface area contributed by atoms with Gasteiger partial charge in [-0.15, -0.1) is 0 Å². The van der Waals surface area contributed by atoms with Crippen LogP contribution >= 0.6 is 0 Å². The number of methoxy groups -OCH3 is 1. The van der Waals surface area contributed by atoms with E-state index in [-0.39, 0.29) is 0 Å². The van der Waals surface area contributed by atoms with Crippen LogP contribution in [-0.4, -0.2) is 30.1 Å². The van der Waals surface area contributed by atoms with Gasteiger partial charge in [0.25, 0.3) is 5.91 Å². The number of carbonyl (C=O) groups is 2. The highest BCUT2D eigenvalue weighted by Crippen LogP contribution is 2.11. The summed E-state index contributed by atoms with van der Waals surface area (Å²) in [6.45, 7) is 1.70. The molecule has 92 valence electrons. The van der Waals surface area contributed by atoms with E-state index in [1.54, 1.807) is 31.2 Å². The second-order valence-corrected chi connectivity index (χ2v) is 3.50. The SMILES string of the molecule is CC[C@H](NC(=O)c1ccc(OC)cc1)C(=O)O. The van der Waals surface area contributed by atoms with Crippen LogP contribution in [-0.2, 0) is 4.79 Å². The predicted molar refractivity (Wildman–Crippen MR) is 62.2 cm³/mol. The van der Waals surface area contributed by atoms with Crippen LogP contribution in [0.4, 0.5) is 0 Å². The molecule has 0 aromatic heterocycles. The predicted octanol–water partition coefficient (Wildman–Crippen LogP) is 1.29. The molecule has 0 fully saturated rings. The van der Waals surface area contributed by atoms with E-state index in [1.165, 1.54) is 7.11 Å². The Hall–Kier alpha value is -2.04. The highest BCUT2D eigenvalue weighted by atomic mass is 16.5. The standard InChI is InChI=1S/C12H15NO4/c1-3-10(12(15)16)13-11(14)8-4-6-9(17-2)7-5-8/h4-7,10H,3H2,1-2H3,(H,13,14)(H,15,16)/t10-/m0/s1. The van der Waals surface area contributed by atoms with Crippen molar-refractivity contribution in [3.05, 3.63) is 29.8 Å². The van der Waals surface area contributed by atoms with Gasteiger partial charge in [0, 0.05) is 5.56 Å². The third-order valence-corrected chi connectivity index (χ3v) is 2.36. The van der Waals surface area contributed by atoms with Crippen molar-refractivity contribution < 1.29 is 19.4 Å². The smallest absolute Gasteiger partial charge is 0.326 e. The number of carbonyl (C=O) groups excluding carboxylic acids is 1. The summed E-state index contributed by atoms with van der Waals surface area (Å²) in [7, 11) is 1.53. The number of hydrogen-bond donors (Lipinski definition) is 2. The van der Waals surface area contributed by atoms with Crippen molar-refractivity contribution in [2.45, 2.75) is 19.4 Å². The molecule has 0 aliphatic heterocycles. The molecular formula is C12H15NO4. The summed E-state index contributed by atoms with van der Waals surface area (Å²) in [5.74, 6) is -0.789. The minimum atomic E-state index is -1.03. The van der Waals surface area contributed by atoms with E-state index in [9.17, 15) is 9.59 Å². The molecule has 1 amide bonds. The summed E-state index contributed by atoms with van der Waals surface area (Å²) in [5.41, 5.74) is 0.408. The van der Waals surface area contributed by atoms with Gasteiger partial charge in [0.2, 0.25) is 0 Å². The fourth-order valence-electron chi connectivity index (χ4n) is 1.32. The van der Waals surface area contributed by atoms with Crippen molar-refractivity contribution in [3.8, 4) is 5.75 Å². The zero-order valence-corrected chi connectivity index (χ0v) is 9.77. The molecule has 0 bridgehead atoms. The summed E-state index contributed by atoms with van der Waals surface area (Å²) in [4.78, 5) is 22.5. The Labute approximate surface area is 99.4 Å². The number of hydrogen-bond acceptors (Lipinski definition) is 3. The summed E-state index contributed by atoms with van der Waals surface area (Å²) < 4.78 is 4.96. The molecule has 0 aliphatic rings. The fraction of sp³-hybridized carbons (Fsp3) is 0.333. The Balaban J connectivity index is 2.72. The first kappa shape index (κ1) is 13.0. The first-order valence-electron chi connectivity index (χ1n) is 5.26. The average molecular weight is 237 g/mol. The highest BCUT2D eigenvalue weighted by molar-refractivity contribution is 5.96. The van der Waals surface area contributed by atoms with Gasteiger partial charge in [-0.2, -0.15) is 0 Å². The van der Waals surface area contributed by atoms with Crippen LogP contribution in [0, 0.1) is 0 Å². The van der Waals surface area contributed by atoms with Gasteiger partial charge in [-0.05, 0) is 30.7 Å². The Morgan fingerprint density at radius 3 is 2.35 bits per heavy atom. The van der Waals surface area contributed by atoms with Crippen molar-refractivity contribution in [3.63, 3.8) is 0 Å². The number of aliphatic carboxylic acids is 1. The van der Waals surface area contributed by atoms with Gasteiger partial charge in [0.05, 0.1) is 7.11 Å². The number of ether oxygens (including phenoxy) is 1. The lowest BCUT2D eigenvalue weighted by atomic mass is 10.1. The highest BCUT2D eigenvalue weighted by Gasteiger charge is 2.18. The van der Waals surface area contributed by atoms with Crippen LogP contribution in [0.5, 0.6) is 5.75 Å². The van der Waals surface area contributed by atoms with E-state index in [0.717, 1.165) is 0 Å². The maximum Gasteiger partial charge on any atom is 0.326 e. The Morgan fingerprint density at radius 1 is 1.35 bits per heavy atom. The summed E-state index contributed by atoms with van der Waals surface area (Å²) in [6, 6.07) is 5.61. The van der Waals surface area contributed by atoms with Gasteiger partial charge in [0.15, 0.2) is 0 Å². The quantitative estimate of drug-likeness (QED) is 0.809. The van der Waals surface area contributed by atoms with E-state index in [2.05, 4.69) is 5.32 Å². The minimum absolute atomic E-state index is 0.344. The maximum absolute atomic E-state index is 11.7. The van der Waals surface area contributed by atoms with Crippen LogP contribution in [0.25, 0.3) is 0 Å². The molecule has 1 aromatic carbocycles. The van der Waals surface area contributed by atoms with E-state index < -0.39 is 17.9 Å². The maximum atomic E-state index is 11.7. The molecule has 5 heteroatoms. The molecule has 17 heavy (non-hydrogen) atoms. The summed E-state index contributed by atoms with van der Waals surface area (Å²) in [5, 5.41) is 11.3. The number of nitrogens with one attached hydrogen (secondary N) is 1. The Kier molecular flexibility index (Phi) is 4.51. The van der Waals surface area contributed by atoms with Crippen molar-refractivity contribution >= 4 is 11.9 Å². The number of rotatable bonds is 5. The van der Waals surface area contributed by atoms with Crippen molar-refractivity contribution in [2.75, 3.05) is 7.11 Å². The van der Waals surface area contributed by atoms with Gasteiger partial charge in [-0.25, -0.2) is 4.79 Å². The van der Waals surface area contributed by atoms with Gasteiger partial charge in [0.1, 0.15) is 11.8 Å². The molecule has 2 N–H and O–H groups in total. The lowest BCUT2D eigenvalue weighted by Crippen LogP contribution is -2.40. The topological polar surface area (TPSA) is 75.6 Å². The lowest BCUT2D eigenvalue weighted by Gasteiger charge is -2.12. The van der Waals surface area contributed by atoms with Crippen molar-refractivity contribution in [1.82, 2.24) is 5.32 Å². The van der Waals surface area contributed by atoms with E-state index in [0.29, 0.717) is 17.7 Å². The van der Waals surface area contributed by atoms with Crippen molar-refractivity contribution in [1.29, 1.82) is 0 Å². The molecule has 0 radical (unpaired) electrons. The fourth-order valence-corrected chi connectivity index (χ4v) is 1.32. The van der Waals surface area contributed by atoms with E-state index in [1.807, 2.05) is 0 Å². The average Bonchev–Trinajstić information content (AvgIpc) is 2.35. The monoisotopic (exact) mass is 237 g/mol. The molecule has 5 nitrogen and oxygen atoms in total. The second kappa shape index (κ2) is 5.89. The summed E-state index contributed by atoms with van der Waals surface area (Å²) in [6.07, 6.45) is 0.344. The number of benzene rings is 1. The van der Waals surface area contributed by atoms with Crippen LogP contribution < -0.4 is 10.1 Å². The number of carboxylic acids is 1. The minimum Gasteiger partial charge on any atom is -0.497 e. The summed E-state index contributed by atoms with van der Waals surface area (Å²) >= 11 is 0. The molecule has 0 unspecified atom stereocenters. The van der Waals surface area contributed by atoms with Gasteiger partial charge < -0.3 is 15.2 Å². The van der Waals surface area contributed by atoms with E-state index >= 15 is 0 Å². The molecular weight excluding hydrogens is 222 g/mol. The zero-order chi connectivity index (χ0) is 12.8. The second-order valence-electron chi connectivity index (χ2n) is 3.50. The van der Waals surface area contributed by atoms with E-state index in [4.69, 9.17) is 9.84 Å². The molecule has 1 aromatic rings. The van der Waals surface area contributed by atoms with Crippen LogP contribution in [0.2, 0.25) is 0 Å². The van der Waals surface area contributed by atoms with Gasteiger partial charge in [-0.1, -0.05) is 6.92 Å². The largest absolute Gasteiger partial charge is 0.497 e. The Morgan fingerprint density at radius 2 is 1.94 bits per heavy atom. The van der Waals surface area contributed by atoms with Crippen LogP contribution in [0.1, 0.15) is 23.7 Å². The lowest BCUT2D eigenvalue weighted by molar-refractivity contribution is -0.139. The molecule has 0 aliphatic carbocycles. The molecule has 1 rings (SSSR count). The first-order valence-corrected chi connectivity index (χ1v) is 5.26. The number of amides is 1. The van der Waals surface area contributed by atoms with Gasteiger partial charge in [-0.3, -0.25) is 4.79 Å². The Bertz CT molecular complexity index is 399. The molecule has 0 saturated heterocycles.